The zero-order valence-corrected chi connectivity index (χ0v) is 13.2. The highest BCUT2D eigenvalue weighted by atomic mass is 16.5. The van der Waals surface area contributed by atoms with Crippen LogP contribution in [0.2, 0.25) is 0 Å². The SMILES string of the molecule is Cc1cc(-c2cnc(N3CCOCC3)nc2[C@@H]2CCCO2)on1. The molecule has 7 heteroatoms. The third kappa shape index (κ3) is 2.94. The average Bonchev–Trinajstić information content (AvgIpc) is 3.27. The summed E-state index contributed by atoms with van der Waals surface area (Å²) in [4.78, 5) is 11.5. The van der Waals surface area contributed by atoms with Gasteiger partial charge in [-0.05, 0) is 19.8 Å². The van der Waals surface area contributed by atoms with Crippen LogP contribution >= 0.6 is 0 Å². The first kappa shape index (κ1) is 14.6. The molecule has 4 rings (SSSR count). The molecule has 0 aromatic carbocycles. The van der Waals surface area contributed by atoms with E-state index in [4.69, 9.17) is 19.0 Å². The van der Waals surface area contributed by atoms with Crippen molar-refractivity contribution in [2.75, 3.05) is 37.8 Å². The Balaban J connectivity index is 1.73. The van der Waals surface area contributed by atoms with E-state index < -0.39 is 0 Å². The fourth-order valence-corrected chi connectivity index (χ4v) is 3.02. The number of anilines is 1. The van der Waals surface area contributed by atoms with Crippen LogP contribution in [0.15, 0.2) is 16.8 Å². The van der Waals surface area contributed by atoms with Crippen molar-refractivity contribution in [1.82, 2.24) is 15.1 Å². The zero-order valence-electron chi connectivity index (χ0n) is 13.2. The fourth-order valence-electron chi connectivity index (χ4n) is 3.02. The molecular formula is C16H20N4O3. The van der Waals surface area contributed by atoms with Gasteiger partial charge in [-0.1, -0.05) is 5.16 Å². The molecule has 0 unspecified atom stereocenters. The Bertz CT molecular complexity index is 676. The summed E-state index contributed by atoms with van der Waals surface area (Å²) in [5, 5.41) is 3.97. The maximum absolute atomic E-state index is 5.85. The average molecular weight is 316 g/mol. The summed E-state index contributed by atoms with van der Waals surface area (Å²) < 4.78 is 16.7. The number of hydrogen-bond donors (Lipinski definition) is 0. The van der Waals surface area contributed by atoms with Gasteiger partial charge in [-0.3, -0.25) is 0 Å². The molecule has 0 aliphatic carbocycles. The van der Waals surface area contributed by atoms with Gasteiger partial charge < -0.3 is 18.9 Å². The monoisotopic (exact) mass is 316 g/mol. The van der Waals surface area contributed by atoms with Crippen LogP contribution in [0, 0.1) is 6.92 Å². The first-order chi connectivity index (χ1) is 11.3. The Kier molecular flexibility index (Phi) is 3.97. The molecule has 2 aromatic heterocycles. The van der Waals surface area contributed by atoms with E-state index in [1.807, 2.05) is 19.2 Å². The Morgan fingerprint density at radius 1 is 1.22 bits per heavy atom. The molecule has 0 bridgehead atoms. The second-order valence-electron chi connectivity index (χ2n) is 5.90. The summed E-state index contributed by atoms with van der Waals surface area (Å²) in [6, 6.07) is 1.91. The molecule has 0 saturated carbocycles. The van der Waals surface area contributed by atoms with Crippen LogP contribution in [-0.4, -0.2) is 48.0 Å². The molecule has 2 fully saturated rings. The van der Waals surface area contributed by atoms with Gasteiger partial charge in [-0.2, -0.15) is 0 Å². The van der Waals surface area contributed by atoms with Crippen LogP contribution in [0.3, 0.4) is 0 Å². The zero-order chi connectivity index (χ0) is 15.6. The van der Waals surface area contributed by atoms with Crippen molar-refractivity contribution in [2.24, 2.45) is 0 Å². The summed E-state index contributed by atoms with van der Waals surface area (Å²) in [5.74, 6) is 1.43. The van der Waals surface area contributed by atoms with Crippen molar-refractivity contribution >= 4 is 5.95 Å². The molecule has 0 N–H and O–H groups in total. The highest BCUT2D eigenvalue weighted by Crippen LogP contribution is 2.35. The van der Waals surface area contributed by atoms with Gasteiger partial charge in [0.25, 0.3) is 0 Å². The molecule has 2 aliphatic heterocycles. The predicted octanol–water partition coefficient (Wildman–Crippen LogP) is 2.13. The van der Waals surface area contributed by atoms with E-state index in [0.29, 0.717) is 19.0 Å². The molecule has 4 heterocycles. The van der Waals surface area contributed by atoms with Crippen LogP contribution in [0.1, 0.15) is 30.3 Å². The van der Waals surface area contributed by atoms with Gasteiger partial charge in [-0.25, -0.2) is 9.97 Å². The predicted molar refractivity (Wildman–Crippen MR) is 83.2 cm³/mol. The molecule has 122 valence electrons. The summed E-state index contributed by atoms with van der Waals surface area (Å²) >= 11 is 0. The highest BCUT2D eigenvalue weighted by molar-refractivity contribution is 5.61. The molecule has 2 aliphatic rings. The molecule has 2 aromatic rings. The maximum Gasteiger partial charge on any atom is 0.225 e. The summed E-state index contributed by atoms with van der Waals surface area (Å²) in [5.41, 5.74) is 2.61. The number of rotatable bonds is 3. The molecule has 0 spiro atoms. The van der Waals surface area contributed by atoms with Crippen molar-refractivity contribution in [3.63, 3.8) is 0 Å². The van der Waals surface area contributed by atoms with E-state index in [0.717, 1.165) is 55.4 Å². The lowest BCUT2D eigenvalue weighted by Crippen LogP contribution is -2.37. The van der Waals surface area contributed by atoms with Crippen molar-refractivity contribution in [3.8, 4) is 11.3 Å². The fraction of sp³-hybridized carbons (Fsp3) is 0.562. The number of nitrogens with zero attached hydrogens (tertiary/aromatic N) is 4. The third-order valence-electron chi connectivity index (χ3n) is 4.23. The lowest BCUT2D eigenvalue weighted by molar-refractivity contribution is 0.108. The molecule has 7 nitrogen and oxygen atoms in total. The Morgan fingerprint density at radius 2 is 2.09 bits per heavy atom. The number of ether oxygens (including phenoxy) is 2. The van der Waals surface area contributed by atoms with E-state index in [2.05, 4.69) is 15.0 Å². The van der Waals surface area contributed by atoms with Crippen LogP contribution in [0.25, 0.3) is 11.3 Å². The minimum Gasteiger partial charge on any atom is -0.378 e. The quantitative estimate of drug-likeness (QED) is 0.858. The molecular weight excluding hydrogens is 296 g/mol. The van der Waals surface area contributed by atoms with Gasteiger partial charge in [-0.15, -0.1) is 0 Å². The molecule has 23 heavy (non-hydrogen) atoms. The van der Waals surface area contributed by atoms with Gasteiger partial charge in [0.15, 0.2) is 5.76 Å². The lowest BCUT2D eigenvalue weighted by Gasteiger charge is -2.27. The number of aryl methyl sites for hydroxylation is 1. The van der Waals surface area contributed by atoms with E-state index in [1.54, 1.807) is 0 Å². The number of aromatic nitrogens is 3. The Hall–Kier alpha value is -1.99. The van der Waals surface area contributed by atoms with Crippen molar-refractivity contribution in [1.29, 1.82) is 0 Å². The molecule has 1 atom stereocenters. The van der Waals surface area contributed by atoms with Gasteiger partial charge in [0.2, 0.25) is 5.95 Å². The molecule has 0 radical (unpaired) electrons. The number of morpholine rings is 1. The van der Waals surface area contributed by atoms with Crippen molar-refractivity contribution < 1.29 is 14.0 Å². The smallest absolute Gasteiger partial charge is 0.225 e. The Morgan fingerprint density at radius 3 is 2.78 bits per heavy atom. The molecule has 2 saturated heterocycles. The second-order valence-corrected chi connectivity index (χ2v) is 5.90. The summed E-state index contributed by atoms with van der Waals surface area (Å²) in [6.45, 7) is 5.72. The van der Waals surface area contributed by atoms with Crippen molar-refractivity contribution in [2.45, 2.75) is 25.9 Å². The van der Waals surface area contributed by atoms with Crippen LogP contribution < -0.4 is 4.90 Å². The van der Waals surface area contributed by atoms with Crippen LogP contribution in [0.4, 0.5) is 5.95 Å². The summed E-state index contributed by atoms with van der Waals surface area (Å²) in [6.07, 6.45) is 3.85. The topological polar surface area (TPSA) is 73.5 Å². The minimum atomic E-state index is -0.00167. The van der Waals surface area contributed by atoms with Gasteiger partial charge in [0.05, 0.1) is 30.2 Å². The van der Waals surface area contributed by atoms with E-state index in [9.17, 15) is 0 Å². The summed E-state index contributed by atoms with van der Waals surface area (Å²) in [7, 11) is 0. The standard InChI is InChI=1S/C16H20N4O3/c1-11-9-14(23-19-11)12-10-17-16(20-4-7-21-8-5-20)18-15(12)13-3-2-6-22-13/h9-10,13H,2-8H2,1H3/t13-/m0/s1. The number of hydrogen-bond acceptors (Lipinski definition) is 7. The van der Waals surface area contributed by atoms with Crippen LogP contribution in [0.5, 0.6) is 0 Å². The minimum absolute atomic E-state index is 0.00167. The van der Waals surface area contributed by atoms with Gasteiger partial charge in [0, 0.05) is 32.0 Å². The molecule has 0 amide bonds. The van der Waals surface area contributed by atoms with Crippen molar-refractivity contribution in [3.05, 3.63) is 23.7 Å². The normalized spacial score (nSPS) is 21.8. The van der Waals surface area contributed by atoms with Crippen LogP contribution in [-0.2, 0) is 9.47 Å². The first-order valence-corrected chi connectivity index (χ1v) is 8.06. The second kappa shape index (κ2) is 6.25. The Labute approximate surface area is 134 Å². The van der Waals surface area contributed by atoms with Gasteiger partial charge >= 0.3 is 0 Å². The first-order valence-electron chi connectivity index (χ1n) is 8.06. The van der Waals surface area contributed by atoms with Gasteiger partial charge in [0.1, 0.15) is 6.10 Å². The third-order valence-corrected chi connectivity index (χ3v) is 4.23. The van der Waals surface area contributed by atoms with E-state index >= 15 is 0 Å². The van der Waals surface area contributed by atoms with E-state index in [-0.39, 0.29) is 6.10 Å². The largest absolute Gasteiger partial charge is 0.378 e. The maximum atomic E-state index is 5.85. The highest BCUT2D eigenvalue weighted by Gasteiger charge is 2.26. The van der Waals surface area contributed by atoms with E-state index in [1.165, 1.54) is 0 Å². The lowest BCUT2D eigenvalue weighted by atomic mass is 10.1.